The fraction of sp³-hybridized carbons (Fsp3) is 0.130. The summed E-state index contributed by atoms with van der Waals surface area (Å²) in [6.45, 7) is 0.419. The predicted octanol–water partition coefficient (Wildman–Crippen LogP) is 4.44. The van der Waals surface area contributed by atoms with E-state index in [9.17, 15) is 9.18 Å². The standard InChI is InChI=1S/C23H21FN4O/c24-17-8-6-16(7-9-17)22-20-14-18(10-11-21(20)27-28-22)26-23(29)19(12-13-25)15-4-2-1-3-5-15/h1-11,14,19H,12-13,25H2,(H,26,29)(H,27,28). The fourth-order valence-electron chi connectivity index (χ4n) is 3.45. The first-order chi connectivity index (χ1) is 14.2. The zero-order chi connectivity index (χ0) is 20.2. The molecule has 0 aliphatic carbocycles. The van der Waals surface area contributed by atoms with Gasteiger partial charge in [-0.1, -0.05) is 30.3 Å². The van der Waals surface area contributed by atoms with Gasteiger partial charge in [-0.3, -0.25) is 9.89 Å². The highest BCUT2D eigenvalue weighted by molar-refractivity contribution is 6.00. The van der Waals surface area contributed by atoms with E-state index < -0.39 is 0 Å². The van der Waals surface area contributed by atoms with Crippen LogP contribution in [-0.4, -0.2) is 22.6 Å². The zero-order valence-corrected chi connectivity index (χ0v) is 15.7. The first-order valence-electron chi connectivity index (χ1n) is 9.45. The number of rotatable bonds is 6. The number of H-pyrrole nitrogens is 1. The quantitative estimate of drug-likeness (QED) is 0.457. The number of aromatic amines is 1. The fourth-order valence-corrected chi connectivity index (χ4v) is 3.45. The van der Waals surface area contributed by atoms with Gasteiger partial charge >= 0.3 is 0 Å². The van der Waals surface area contributed by atoms with Crippen molar-refractivity contribution in [1.29, 1.82) is 0 Å². The van der Waals surface area contributed by atoms with Crippen molar-refractivity contribution < 1.29 is 9.18 Å². The van der Waals surface area contributed by atoms with Crippen molar-refractivity contribution in [1.82, 2.24) is 10.2 Å². The van der Waals surface area contributed by atoms with E-state index in [4.69, 9.17) is 5.73 Å². The third-order valence-corrected chi connectivity index (χ3v) is 4.92. The number of halogens is 1. The Morgan fingerprint density at radius 3 is 2.55 bits per heavy atom. The molecule has 0 radical (unpaired) electrons. The van der Waals surface area contributed by atoms with E-state index >= 15 is 0 Å². The molecule has 0 aliphatic heterocycles. The molecular formula is C23H21FN4O. The normalized spacial score (nSPS) is 12.1. The number of nitrogens with one attached hydrogen (secondary N) is 2. The predicted molar refractivity (Wildman–Crippen MR) is 113 cm³/mol. The molecule has 0 fully saturated rings. The number of nitrogens with zero attached hydrogens (tertiary/aromatic N) is 1. The molecule has 0 saturated carbocycles. The van der Waals surface area contributed by atoms with Crippen LogP contribution in [0.15, 0.2) is 72.8 Å². The van der Waals surface area contributed by atoms with Crippen molar-refractivity contribution in [3.05, 3.63) is 84.2 Å². The van der Waals surface area contributed by atoms with Crippen molar-refractivity contribution in [2.75, 3.05) is 11.9 Å². The average Bonchev–Trinajstić information content (AvgIpc) is 3.16. The third-order valence-electron chi connectivity index (χ3n) is 4.92. The van der Waals surface area contributed by atoms with Crippen molar-refractivity contribution in [2.45, 2.75) is 12.3 Å². The molecule has 0 bridgehead atoms. The summed E-state index contributed by atoms with van der Waals surface area (Å²) < 4.78 is 13.2. The SMILES string of the molecule is NCCC(C(=O)Nc1ccc2[nH]nc(-c3ccc(F)cc3)c2c1)c1ccccc1. The van der Waals surface area contributed by atoms with Gasteiger partial charge in [-0.25, -0.2) is 4.39 Å². The summed E-state index contributed by atoms with van der Waals surface area (Å²) in [5.74, 6) is -0.723. The Hall–Kier alpha value is -3.51. The Balaban J connectivity index is 1.63. The van der Waals surface area contributed by atoms with Gasteiger partial charge in [-0.15, -0.1) is 0 Å². The van der Waals surface area contributed by atoms with Crippen LogP contribution in [0.1, 0.15) is 17.9 Å². The van der Waals surface area contributed by atoms with Gasteiger partial charge in [0.1, 0.15) is 5.82 Å². The molecule has 29 heavy (non-hydrogen) atoms. The van der Waals surface area contributed by atoms with Gasteiger partial charge in [0.2, 0.25) is 5.91 Å². The van der Waals surface area contributed by atoms with E-state index in [1.807, 2.05) is 48.5 Å². The summed E-state index contributed by atoms with van der Waals surface area (Å²) >= 11 is 0. The number of aromatic nitrogens is 2. The molecule has 1 amide bonds. The van der Waals surface area contributed by atoms with Gasteiger partial charge in [0.15, 0.2) is 0 Å². The number of anilines is 1. The van der Waals surface area contributed by atoms with Crippen LogP contribution in [0, 0.1) is 5.82 Å². The van der Waals surface area contributed by atoms with Crippen molar-refractivity contribution in [3.63, 3.8) is 0 Å². The second-order valence-electron chi connectivity index (χ2n) is 6.87. The Kier molecular flexibility index (Phi) is 5.35. The van der Waals surface area contributed by atoms with Crippen molar-refractivity contribution in [3.8, 4) is 11.3 Å². The molecular weight excluding hydrogens is 367 g/mol. The summed E-state index contributed by atoms with van der Waals surface area (Å²) in [7, 11) is 0. The smallest absolute Gasteiger partial charge is 0.231 e. The van der Waals surface area contributed by atoms with Gasteiger partial charge in [0, 0.05) is 16.6 Å². The number of hydrogen-bond acceptors (Lipinski definition) is 3. The summed E-state index contributed by atoms with van der Waals surface area (Å²) in [5.41, 5.74) is 9.68. The minimum Gasteiger partial charge on any atom is -0.330 e. The molecule has 4 rings (SSSR count). The number of nitrogens with two attached hydrogens (primary N) is 1. The first-order valence-corrected chi connectivity index (χ1v) is 9.45. The number of fused-ring (bicyclic) bond motifs is 1. The maximum absolute atomic E-state index is 13.2. The Morgan fingerprint density at radius 2 is 1.83 bits per heavy atom. The van der Waals surface area contributed by atoms with E-state index in [-0.39, 0.29) is 17.6 Å². The molecule has 3 aromatic carbocycles. The summed E-state index contributed by atoms with van der Waals surface area (Å²) in [5, 5.41) is 11.2. The lowest BCUT2D eigenvalue weighted by Gasteiger charge is -2.16. The first kappa shape index (κ1) is 18.8. The highest BCUT2D eigenvalue weighted by Gasteiger charge is 2.20. The number of carbonyl (C=O) groups excluding carboxylic acids is 1. The minimum absolute atomic E-state index is 0.104. The van der Waals surface area contributed by atoms with E-state index in [1.165, 1.54) is 12.1 Å². The molecule has 1 aromatic heterocycles. The van der Waals surface area contributed by atoms with E-state index in [0.29, 0.717) is 24.3 Å². The maximum atomic E-state index is 13.2. The molecule has 1 heterocycles. The molecule has 1 atom stereocenters. The van der Waals surface area contributed by atoms with Crippen LogP contribution in [0.25, 0.3) is 22.2 Å². The number of hydrogen-bond donors (Lipinski definition) is 3. The molecule has 0 spiro atoms. The lowest BCUT2D eigenvalue weighted by molar-refractivity contribution is -0.117. The Morgan fingerprint density at radius 1 is 1.07 bits per heavy atom. The van der Waals surface area contributed by atoms with Crippen molar-refractivity contribution >= 4 is 22.5 Å². The molecule has 4 N–H and O–H groups in total. The molecule has 0 aliphatic rings. The third kappa shape index (κ3) is 4.02. The second-order valence-corrected chi connectivity index (χ2v) is 6.87. The molecule has 5 nitrogen and oxygen atoms in total. The van der Waals surface area contributed by atoms with Crippen LogP contribution >= 0.6 is 0 Å². The number of carbonyl (C=O) groups is 1. The monoisotopic (exact) mass is 388 g/mol. The minimum atomic E-state index is -0.321. The van der Waals surface area contributed by atoms with Gasteiger partial charge in [0.05, 0.1) is 17.1 Å². The average molecular weight is 388 g/mol. The van der Waals surface area contributed by atoms with E-state index in [1.54, 1.807) is 12.1 Å². The van der Waals surface area contributed by atoms with Gasteiger partial charge in [-0.2, -0.15) is 5.10 Å². The second kappa shape index (κ2) is 8.24. The van der Waals surface area contributed by atoms with Crippen molar-refractivity contribution in [2.24, 2.45) is 5.73 Å². The number of benzene rings is 3. The lowest BCUT2D eigenvalue weighted by atomic mass is 9.94. The lowest BCUT2D eigenvalue weighted by Crippen LogP contribution is -2.23. The molecule has 6 heteroatoms. The topological polar surface area (TPSA) is 83.8 Å². The van der Waals surface area contributed by atoms with Gasteiger partial charge < -0.3 is 11.1 Å². The maximum Gasteiger partial charge on any atom is 0.231 e. The summed E-state index contributed by atoms with van der Waals surface area (Å²) in [6.07, 6.45) is 0.560. The zero-order valence-electron chi connectivity index (χ0n) is 15.7. The molecule has 4 aromatic rings. The van der Waals surface area contributed by atoms with E-state index in [2.05, 4.69) is 15.5 Å². The summed E-state index contributed by atoms with van der Waals surface area (Å²) in [4.78, 5) is 12.9. The van der Waals surface area contributed by atoms with Crippen LogP contribution in [0.5, 0.6) is 0 Å². The van der Waals surface area contributed by atoms with Crippen LogP contribution in [0.3, 0.4) is 0 Å². The molecule has 1 unspecified atom stereocenters. The van der Waals surface area contributed by atoms with Gasteiger partial charge in [-0.05, 0) is 61.0 Å². The largest absolute Gasteiger partial charge is 0.330 e. The number of amides is 1. The Bertz CT molecular complexity index is 1120. The van der Waals surface area contributed by atoms with Crippen LogP contribution in [0.4, 0.5) is 10.1 Å². The summed E-state index contributed by atoms with van der Waals surface area (Å²) in [6, 6.07) is 21.4. The molecule has 0 saturated heterocycles. The van der Waals surface area contributed by atoms with Crippen LogP contribution in [-0.2, 0) is 4.79 Å². The van der Waals surface area contributed by atoms with Gasteiger partial charge in [0.25, 0.3) is 0 Å². The molecule has 146 valence electrons. The highest BCUT2D eigenvalue weighted by Crippen LogP contribution is 2.29. The Labute approximate surface area is 167 Å². The van der Waals surface area contributed by atoms with Crippen LogP contribution < -0.4 is 11.1 Å². The van der Waals surface area contributed by atoms with Crippen LogP contribution in [0.2, 0.25) is 0 Å². The highest BCUT2D eigenvalue weighted by atomic mass is 19.1. The van der Waals surface area contributed by atoms with E-state index in [0.717, 1.165) is 22.0 Å².